The van der Waals surface area contributed by atoms with Crippen LogP contribution in [-0.4, -0.2) is 80.2 Å². The molecule has 0 bridgehead atoms. The molecule has 1 saturated carbocycles. The first-order chi connectivity index (χ1) is 16.1. The van der Waals surface area contributed by atoms with Crippen LogP contribution in [0.5, 0.6) is 0 Å². The van der Waals surface area contributed by atoms with Crippen LogP contribution in [0.15, 0.2) is 10.4 Å². The van der Waals surface area contributed by atoms with Gasteiger partial charge in [-0.3, -0.25) is 0 Å². The summed E-state index contributed by atoms with van der Waals surface area (Å²) in [6.45, 7) is 16.5. The minimum absolute atomic E-state index is 0.675. The molecule has 0 unspecified atom stereocenters. The molecule has 1 aliphatic carbocycles. The summed E-state index contributed by atoms with van der Waals surface area (Å²) < 4.78 is 1.24. The van der Waals surface area contributed by atoms with Crippen LogP contribution in [0.1, 0.15) is 79.1 Å². The van der Waals surface area contributed by atoms with Gasteiger partial charge >= 0.3 is 0 Å². The topological polar surface area (TPSA) is 74.5 Å². The van der Waals surface area contributed by atoms with Gasteiger partial charge in [-0.15, -0.1) is 11.8 Å². The summed E-state index contributed by atoms with van der Waals surface area (Å²) in [6, 6.07) is 0.837. The van der Waals surface area contributed by atoms with E-state index in [2.05, 4.69) is 48.0 Å². The highest BCUT2D eigenvalue weighted by Crippen LogP contribution is 2.26. The third kappa shape index (κ3) is 20.4. The lowest BCUT2D eigenvalue weighted by Crippen LogP contribution is -2.26. The third-order valence-electron chi connectivity index (χ3n) is 5.51. The van der Waals surface area contributed by atoms with E-state index in [1.54, 1.807) is 11.3 Å². The molecular formula is C25H53N5OS2. The average molecular weight is 504 g/mol. The smallest absolute Gasteiger partial charge is 0.181 e. The van der Waals surface area contributed by atoms with Crippen molar-refractivity contribution in [1.82, 2.24) is 20.1 Å². The van der Waals surface area contributed by atoms with Crippen LogP contribution in [-0.2, 0) is 4.79 Å². The minimum Gasteiger partial charge on any atom is -0.375 e. The van der Waals surface area contributed by atoms with Crippen molar-refractivity contribution in [1.29, 1.82) is 0 Å². The highest BCUT2D eigenvalue weighted by atomic mass is 32.2. The number of nitrogens with one attached hydrogen (secondary N) is 1. The van der Waals surface area contributed by atoms with Gasteiger partial charge in [-0.2, -0.15) is 0 Å². The Balaban J connectivity index is 0. The number of likely N-dealkylation sites (tertiary alicyclic amines) is 1. The molecule has 1 aromatic heterocycles. The van der Waals surface area contributed by atoms with E-state index in [1.165, 1.54) is 88.3 Å². The number of nitrogen functional groups attached to an aromatic ring is 1. The van der Waals surface area contributed by atoms with Gasteiger partial charge in [0.1, 0.15) is 6.79 Å². The number of carbonyl (C=O) groups excluding carboxylic acids is 1. The zero-order valence-corrected chi connectivity index (χ0v) is 24.0. The van der Waals surface area contributed by atoms with Crippen molar-refractivity contribution < 1.29 is 4.79 Å². The fraction of sp³-hybridized carbons (Fsp3) is 0.840. The first kappa shape index (κ1) is 34.5. The van der Waals surface area contributed by atoms with Crippen LogP contribution in [0.2, 0.25) is 0 Å². The van der Waals surface area contributed by atoms with Crippen molar-refractivity contribution in [3.63, 3.8) is 0 Å². The summed E-state index contributed by atoms with van der Waals surface area (Å²) in [6.07, 6.45) is 13.0. The van der Waals surface area contributed by atoms with Gasteiger partial charge in [0.2, 0.25) is 0 Å². The predicted molar refractivity (Wildman–Crippen MR) is 151 cm³/mol. The normalized spacial score (nSPS) is 15.7. The molecular weight excluding hydrogens is 450 g/mol. The standard InChI is InChI=1S/C9H15N3S2.C7H15N.C6H15N.C2H6.CH2O/c10-9-11-7-8(14-9)13-6-5-12-3-1-2-4-12;1-8-7-5-3-2-4-6-7;1-4-6-7(3)5-2;2*1-2/h7H,1-6H2,(H2,10,11);7-8H,2-6H2,1H3;4-6H2,1-3H3;1-2H3;1H2. The first-order valence-electron chi connectivity index (χ1n) is 12.8. The highest BCUT2D eigenvalue weighted by Gasteiger charge is 2.11. The molecule has 2 aliphatic rings. The Morgan fingerprint density at radius 1 is 1.18 bits per heavy atom. The Hall–Kier alpha value is -0.670. The number of carbonyl (C=O) groups is 1. The highest BCUT2D eigenvalue weighted by molar-refractivity contribution is 8.01. The third-order valence-corrected chi connectivity index (χ3v) is 7.51. The average Bonchev–Trinajstić information content (AvgIpc) is 3.55. The molecule has 3 N–H and O–H groups in total. The molecule has 1 aliphatic heterocycles. The number of aromatic nitrogens is 1. The summed E-state index contributed by atoms with van der Waals surface area (Å²) in [4.78, 5) is 16.9. The van der Waals surface area contributed by atoms with E-state index in [0.29, 0.717) is 5.13 Å². The monoisotopic (exact) mass is 503 g/mol. The Morgan fingerprint density at radius 3 is 2.18 bits per heavy atom. The number of nitrogens with zero attached hydrogens (tertiary/aromatic N) is 3. The number of nitrogens with two attached hydrogens (primary N) is 1. The van der Waals surface area contributed by atoms with Crippen molar-refractivity contribution in [3.05, 3.63) is 6.20 Å². The predicted octanol–water partition coefficient (Wildman–Crippen LogP) is 5.64. The second-order valence-corrected chi connectivity index (χ2v) is 10.4. The first-order valence-corrected chi connectivity index (χ1v) is 14.6. The van der Waals surface area contributed by atoms with Crippen LogP contribution < -0.4 is 11.1 Å². The van der Waals surface area contributed by atoms with Crippen LogP contribution in [0, 0.1) is 0 Å². The van der Waals surface area contributed by atoms with Gasteiger partial charge in [0, 0.05) is 18.3 Å². The van der Waals surface area contributed by atoms with Gasteiger partial charge < -0.3 is 25.6 Å². The lowest BCUT2D eigenvalue weighted by molar-refractivity contribution is -0.0979. The number of anilines is 1. The molecule has 196 valence electrons. The molecule has 2 fully saturated rings. The molecule has 0 radical (unpaired) electrons. The van der Waals surface area contributed by atoms with Gasteiger partial charge in [-0.1, -0.05) is 58.3 Å². The summed E-state index contributed by atoms with van der Waals surface area (Å²) in [5, 5.41) is 3.98. The van der Waals surface area contributed by atoms with Crippen molar-refractivity contribution >= 4 is 35.0 Å². The van der Waals surface area contributed by atoms with Crippen molar-refractivity contribution in [2.75, 3.05) is 58.3 Å². The number of thiazole rings is 1. The SMILES string of the molecule is C=O.CC.CCCN(C)CC.CNC1CCCCC1.Nc1ncc(SCCN2CCCC2)s1. The quantitative estimate of drug-likeness (QED) is 0.445. The largest absolute Gasteiger partial charge is 0.375 e. The summed E-state index contributed by atoms with van der Waals surface area (Å²) >= 11 is 3.44. The van der Waals surface area contributed by atoms with Gasteiger partial charge in [-0.25, -0.2) is 4.98 Å². The second-order valence-electron chi connectivity index (χ2n) is 7.93. The van der Waals surface area contributed by atoms with E-state index in [9.17, 15) is 0 Å². The maximum atomic E-state index is 8.00. The molecule has 0 aromatic carbocycles. The van der Waals surface area contributed by atoms with E-state index in [4.69, 9.17) is 10.5 Å². The zero-order chi connectivity index (χ0) is 25.3. The lowest BCUT2D eigenvalue weighted by atomic mass is 9.96. The zero-order valence-electron chi connectivity index (χ0n) is 22.4. The van der Waals surface area contributed by atoms with Crippen LogP contribution in [0.3, 0.4) is 0 Å². The number of thioether (sulfide) groups is 1. The van der Waals surface area contributed by atoms with Crippen molar-refractivity contribution in [3.8, 4) is 0 Å². The molecule has 0 spiro atoms. The fourth-order valence-corrected chi connectivity index (χ4v) is 5.39. The molecule has 3 rings (SSSR count). The van der Waals surface area contributed by atoms with E-state index in [0.717, 1.165) is 11.8 Å². The molecule has 2 heterocycles. The molecule has 1 aromatic rings. The Kier molecular flexibility index (Phi) is 27.1. The number of hydrogen-bond acceptors (Lipinski definition) is 8. The Bertz CT molecular complexity index is 507. The van der Waals surface area contributed by atoms with Gasteiger partial charge in [-0.05, 0) is 72.4 Å². The van der Waals surface area contributed by atoms with Crippen molar-refractivity contribution in [2.45, 2.75) is 89.3 Å². The molecule has 0 amide bonds. The molecule has 0 atom stereocenters. The van der Waals surface area contributed by atoms with Gasteiger partial charge in [0.15, 0.2) is 5.13 Å². The Labute approximate surface area is 213 Å². The molecule has 6 nitrogen and oxygen atoms in total. The van der Waals surface area contributed by atoms with Crippen LogP contribution in [0.25, 0.3) is 0 Å². The van der Waals surface area contributed by atoms with E-state index < -0.39 is 0 Å². The van der Waals surface area contributed by atoms with Gasteiger partial charge in [0.05, 0.1) is 10.4 Å². The van der Waals surface area contributed by atoms with E-state index >= 15 is 0 Å². The van der Waals surface area contributed by atoms with Crippen LogP contribution in [0.4, 0.5) is 5.13 Å². The summed E-state index contributed by atoms with van der Waals surface area (Å²) in [5.41, 5.74) is 5.56. The molecule has 8 heteroatoms. The summed E-state index contributed by atoms with van der Waals surface area (Å²) in [7, 11) is 4.21. The van der Waals surface area contributed by atoms with Crippen molar-refractivity contribution in [2.24, 2.45) is 0 Å². The lowest BCUT2D eigenvalue weighted by Gasteiger charge is -2.20. The molecule has 33 heavy (non-hydrogen) atoms. The molecule has 1 saturated heterocycles. The fourth-order valence-electron chi connectivity index (χ4n) is 3.55. The second kappa shape index (κ2) is 25.9. The van der Waals surface area contributed by atoms with Gasteiger partial charge in [0.25, 0.3) is 0 Å². The number of hydrogen-bond donors (Lipinski definition) is 2. The Morgan fingerprint density at radius 2 is 1.79 bits per heavy atom. The minimum atomic E-state index is 0.675. The van der Waals surface area contributed by atoms with E-state index in [-0.39, 0.29) is 0 Å². The van der Waals surface area contributed by atoms with Crippen LogP contribution >= 0.6 is 23.1 Å². The maximum absolute atomic E-state index is 8.00. The maximum Gasteiger partial charge on any atom is 0.181 e. The number of rotatable bonds is 8. The summed E-state index contributed by atoms with van der Waals surface area (Å²) in [5.74, 6) is 1.15. The van der Waals surface area contributed by atoms with E-state index in [1.807, 2.05) is 38.6 Å².